The minimum atomic E-state index is -0.836. The number of carbonyl (C=O) groups excluding carboxylic acids is 2. The minimum absolute atomic E-state index is 0.0316. The highest BCUT2D eigenvalue weighted by Gasteiger charge is 2.28. The van der Waals surface area contributed by atoms with Gasteiger partial charge in [-0.05, 0) is 5.56 Å². The number of nitriles is 1. The van der Waals surface area contributed by atoms with Gasteiger partial charge in [0, 0.05) is 13.1 Å². The van der Waals surface area contributed by atoms with Gasteiger partial charge in [-0.25, -0.2) is 0 Å². The van der Waals surface area contributed by atoms with Crippen molar-refractivity contribution in [3.05, 3.63) is 35.9 Å². The molecule has 1 fully saturated rings. The first kappa shape index (κ1) is 12.1. The number of rotatable bonds is 2. The molecule has 1 aromatic rings. The van der Waals surface area contributed by atoms with Crippen molar-refractivity contribution in [2.75, 3.05) is 19.6 Å². The van der Waals surface area contributed by atoms with Crippen LogP contribution in [0.1, 0.15) is 11.5 Å². The highest BCUT2D eigenvalue weighted by Crippen LogP contribution is 2.17. The number of benzene rings is 1. The lowest BCUT2D eigenvalue weighted by molar-refractivity contribution is -0.138. The quantitative estimate of drug-likeness (QED) is 0.809. The Labute approximate surface area is 105 Å². The van der Waals surface area contributed by atoms with Gasteiger partial charge in [0.1, 0.15) is 5.92 Å². The Morgan fingerprint density at radius 3 is 2.72 bits per heavy atom. The van der Waals surface area contributed by atoms with Crippen LogP contribution >= 0.6 is 0 Å². The van der Waals surface area contributed by atoms with Crippen molar-refractivity contribution < 1.29 is 9.59 Å². The fourth-order valence-electron chi connectivity index (χ4n) is 1.93. The lowest BCUT2D eigenvalue weighted by Crippen LogP contribution is -2.51. The molecule has 1 aliphatic rings. The summed E-state index contributed by atoms with van der Waals surface area (Å²) >= 11 is 0. The number of nitrogens with zero attached hydrogens (tertiary/aromatic N) is 2. The number of hydrogen-bond donors (Lipinski definition) is 1. The molecule has 0 spiro atoms. The molecule has 2 rings (SSSR count). The summed E-state index contributed by atoms with van der Waals surface area (Å²) in [6.45, 7) is 0.928. The lowest BCUT2D eigenvalue weighted by atomic mass is 9.99. The largest absolute Gasteiger partial charge is 0.353 e. The Balaban J connectivity index is 2.16. The third-order valence-electron chi connectivity index (χ3n) is 2.86. The van der Waals surface area contributed by atoms with Gasteiger partial charge in [-0.3, -0.25) is 9.59 Å². The van der Waals surface area contributed by atoms with Crippen molar-refractivity contribution in [1.29, 1.82) is 5.26 Å². The van der Waals surface area contributed by atoms with Gasteiger partial charge in [0.05, 0.1) is 12.6 Å². The molecule has 0 bridgehead atoms. The SMILES string of the molecule is N#CC(C(=O)N1CCNC(=O)C1)c1ccccc1. The topological polar surface area (TPSA) is 73.2 Å². The van der Waals surface area contributed by atoms with Gasteiger partial charge in [0.25, 0.3) is 0 Å². The van der Waals surface area contributed by atoms with E-state index in [1.54, 1.807) is 24.3 Å². The van der Waals surface area contributed by atoms with E-state index in [1.807, 2.05) is 12.1 Å². The molecule has 18 heavy (non-hydrogen) atoms. The summed E-state index contributed by atoms with van der Waals surface area (Å²) in [7, 11) is 0. The molecule has 1 unspecified atom stereocenters. The second-order valence-corrected chi connectivity index (χ2v) is 4.08. The zero-order valence-corrected chi connectivity index (χ0v) is 9.80. The van der Waals surface area contributed by atoms with Gasteiger partial charge in [-0.15, -0.1) is 0 Å². The molecule has 2 amide bonds. The maximum atomic E-state index is 12.2. The lowest BCUT2D eigenvalue weighted by Gasteiger charge is -2.28. The smallest absolute Gasteiger partial charge is 0.244 e. The fourth-order valence-corrected chi connectivity index (χ4v) is 1.93. The summed E-state index contributed by atoms with van der Waals surface area (Å²) < 4.78 is 0. The molecule has 0 aliphatic carbocycles. The monoisotopic (exact) mass is 243 g/mol. The van der Waals surface area contributed by atoms with Crippen LogP contribution in [0.3, 0.4) is 0 Å². The van der Waals surface area contributed by atoms with E-state index in [-0.39, 0.29) is 18.4 Å². The molecule has 1 N–H and O–H groups in total. The molecule has 1 atom stereocenters. The Kier molecular flexibility index (Phi) is 3.58. The fraction of sp³-hybridized carbons (Fsp3) is 0.308. The summed E-state index contributed by atoms with van der Waals surface area (Å²) in [4.78, 5) is 24.9. The number of nitrogens with one attached hydrogen (secondary N) is 1. The maximum absolute atomic E-state index is 12.2. The Bertz CT molecular complexity index is 493. The molecule has 92 valence electrons. The zero-order chi connectivity index (χ0) is 13.0. The van der Waals surface area contributed by atoms with Crippen molar-refractivity contribution in [3.63, 3.8) is 0 Å². The van der Waals surface area contributed by atoms with Gasteiger partial charge in [0.15, 0.2) is 0 Å². The van der Waals surface area contributed by atoms with Gasteiger partial charge < -0.3 is 10.2 Å². The molecule has 0 saturated carbocycles. The summed E-state index contributed by atoms with van der Waals surface area (Å²) in [6, 6.07) is 10.9. The third-order valence-corrected chi connectivity index (χ3v) is 2.86. The number of hydrogen-bond acceptors (Lipinski definition) is 3. The average molecular weight is 243 g/mol. The van der Waals surface area contributed by atoms with Crippen LogP contribution in [0.5, 0.6) is 0 Å². The molecule has 5 nitrogen and oxygen atoms in total. The highest BCUT2D eigenvalue weighted by molar-refractivity contribution is 5.91. The predicted molar refractivity (Wildman–Crippen MR) is 64.4 cm³/mol. The van der Waals surface area contributed by atoms with Crippen LogP contribution in [0.4, 0.5) is 0 Å². The van der Waals surface area contributed by atoms with Gasteiger partial charge in [-0.1, -0.05) is 30.3 Å². The Morgan fingerprint density at radius 2 is 2.11 bits per heavy atom. The van der Waals surface area contributed by atoms with Crippen molar-refractivity contribution in [2.24, 2.45) is 0 Å². The van der Waals surface area contributed by atoms with E-state index in [2.05, 4.69) is 5.32 Å². The second kappa shape index (κ2) is 5.32. The van der Waals surface area contributed by atoms with Crippen LogP contribution < -0.4 is 5.32 Å². The van der Waals surface area contributed by atoms with Gasteiger partial charge >= 0.3 is 0 Å². The van der Waals surface area contributed by atoms with Crippen LogP contribution in [-0.4, -0.2) is 36.3 Å². The van der Waals surface area contributed by atoms with E-state index in [0.717, 1.165) is 0 Å². The van der Waals surface area contributed by atoms with Crippen LogP contribution in [0.15, 0.2) is 30.3 Å². The second-order valence-electron chi connectivity index (χ2n) is 4.08. The van der Waals surface area contributed by atoms with Crippen LogP contribution in [0.2, 0.25) is 0 Å². The van der Waals surface area contributed by atoms with E-state index >= 15 is 0 Å². The summed E-state index contributed by atoms with van der Waals surface area (Å²) in [5.41, 5.74) is 0.663. The molecule has 5 heteroatoms. The molecule has 0 aromatic heterocycles. The van der Waals surface area contributed by atoms with Crippen molar-refractivity contribution in [2.45, 2.75) is 5.92 Å². The summed E-state index contributed by atoms with van der Waals surface area (Å²) in [5.74, 6) is -1.32. The Morgan fingerprint density at radius 1 is 1.39 bits per heavy atom. The van der Waals surface area contributed by atoms with E-state index in [0.29, 0.717) is 18.7 Å². The van der Waals surface area contributed by atoms with Crippen LogP contribution in [0.25, 0.3) is 0 Å². The Hall–Kier alpha value is -2.35. The first-order chi connectivity index (χ1) is 8.72. The van der Waals surface area contributed by atoms with Gasteiger partial charge in [-0.2, -0.15) is 5.26 Å². The first-order valence-electron chi connectivity index (χ1n) is 5.72. The van der Waals surface area contributed by atoms with Crippen molar-refractivity contribution in [3.8, 4) is 6.07 Å². The van der Waals surface area contributed by atoms with Crippen LogP contribution in [0, 0.1) is 11.3 Å². The third kappa shape index (κ3) is 2.48. The van der Waals surface area contributed by atoms with E-state index < -0.39 is 5.92 Å². The molecule has 0 radical (unpaired) electrons. The summed E-state index contributed by atoms with van der Waals surface area (Å²) in [5, 5.41) is 11.8. The van der Waals surface area contributed by atoms with E-state index in [4.69, 9.17) is 5.26 Å². The standard InChI is InChI=1S/C13H13N3O2/c14-8-11(10-4-2-1-3-5-10)13(18)16-7-6-15-12(17)9-16/h1-5,11H,6-7,9H2,(H,15,17). The number of amides is 2. The molecule has 1 aliphatic heterocycles. The van der Waals surface area contributed by atoms with Gasteiger partial charge in [0.2, 0.25) is 11.8 Å². The minimum Gasteiger partial charge on any atom is -0.353 e. The average Bonchev–Trinajstić information content (AvgIpc) is 2.41. The van der Waals surface area contributed by atoms with Crippen molar-refractivity contribution in [1.82, 2.24) is 10.2 Å². The zero-order valence-electron chi connectivity index (χ0n) is 9.80. The van der Waals surface area contributed by atoms with Crippen molar-refractivity contribution >= 4 is 11.8 Å². The van der Waals surface area contributed by atoms with E-state index in [1.165, 1.54) is 4.90 Å². The molecule has 1 heterocycles. The number of piperazine rings is 1. The highest BCUT2D eigenvalue weighted by atomic mass is 16.2. The first-order valence-corrected chi connectivity index (χ1v) is 5.72. The summed E-state index contributed by atoms with van der Waals surface area (Å²) in [6.07, 6.45) is 0. The molecule has 1 aromatic carbocycles. The molecule has 1 saturated heterocycles. The predicted octanol–water partition coefficient (Wildman–Crippen LogP) is 0.252. The van der Waals surface area contributed by atoms with Crippen LogP contribution in [-0.2, 0) is 9.59 Å². The van der Waals surface area contributed by atoms with E-state index in [9.17, 15) is 9.59 Å². The molecular weight excluding hydrogens is 230 g/mol. The number of carbonyl (C=O) groups is 2. The molecular formula is C13H13N3O2. The normalized spacial score (nSPS) is 16.6. The maximum Gasteiger partial charge on any atom is 0.244 e.